The molecule has 0 aliphatic heterocycles. The van der Waals surface area contributed by atoms with E-state index in [9.17, 15) is 5.11 Å². The van der Waals surface area contributed by atoms with E-state index in [2.05, 4.69) is 4.98 Å². The fraction of sp³-hybridized carbons (Fsp3) is 0.700. The molecule has 0 fully saturated rings. The molecule has 0 spiro atoms. The summed E-state index contributed by atoms with van der Waals surface area (Å²) in [6, 6.07) is 0. The van der Waals surface area contributed by atoms with Crippen LogP contribution >= 0.6 is 0 Å². The Bertz CT molecular complexity index is 264. The first-order valence-corrected chi connectivity index (χ1v) is 4.80. The molecule has 0 bridgehead atoms. The fourth-order valence-electron chi connectivity index (χ4n) is 1.36. The highest BCUT2D eigenvalue weighted by Crippen LogP contribution is 2.19. The van der Waals surface area contributed by atoms with Crippen LogP contribution in [0.2, 0.25) is 0 Å². The quantitative estimate of drug-likeness (QED) is 0.766. The molecule has 0 aromatic carbocycles. The minimum Gasteiger partial charge on any atom is -0.389 e. The second-order valence-corrected chi connectivity index (χ2v) is 3.56. The number of hydrogen-bond acceptors (Lipinski definition) is 2. The van der Waals surface area contributed by atoms with Crippen molar-refractivity contribution in [2.45, 2.75) is 38.7 Å². The van der Waals surface area contributed by atoms with Gasteiger partial charge in [-0.15, -0.1) is 0 Å². The summed E-state index contributed by atoms with van der Waals surface area (Å²) in [5.41, 5.74) is -0.584. The van der Waals surface area contributed by atoms with E-state index in [1.54, 1.807) is 6.20 Å². The van der Waals surface area contributed by atoms with Gasteiger partial charge < -0.3 is 9.67 Å². The molecule has 1 N–H and O–H groups in total. The van der Waals surface area contributed by atoms with Gasteiger partial charge in [0, 0.05) is 25.9 Å². The molecule has 0 aliphatic rings. The van der Waals surface area contributed by atoms with Gasteiger partial charge in [-0.2, -0.15) is 0 Å². The monoisotopic (exact) mass is 182 g/mol. The molecule has 0 saturated carbocycles. The van der Waals surface area contributed by atoms with Crippen molar-refractivity contribution >= 4 is 0 Å². The topological polar surface area (TPSA) is 38.1 Å². The SMILES string of the molecule is CCC(O)(CC)Cc1nccn1C. The molecule has 1 aromatic rings. The van der Waals surface area contributed by atoms with Gasteiger partial charge >= 0.3 is 0 Å². The molecule has 0 atom stereocenters. The van der Waals surface area contributed by atoms with Crippen molar-refractivity contribution in [1.29, 1.82) is 0 Å². The Morgan fingerprint density at radius 2 is 2.08 bits per heavy atom. The molecule has 1 rings (SSSR count). The minimum atomic E-state index is -0.584. The number of hydrogen-bond donors (Lipinski definition) is 1. The predicted molar refractivity (Wildman–Crippen MR) is 52.4 cm³/mol. The average Bonchev–Trinajstić information content (AvgIpc) is 2.52. The van der Waals surface area contributed by atoms with Crippen LogP contribution in [0.15, 0.2) is 12.4 Å². The zero-order valence-electron chi connectivity index (χ0n) is 8.62. The maximum absolute atomic E-state index is 10.1. The average molecular weight is 182 g/mol. The van der Waals surface area contributed by atoms with Crippen molar-refractivity contribution in [2.24, 2.45) is 7.05 Å². The van der Waals surface area contributed by atoms with E-state index in [0.29, 0.717) is 6.42 Å². The molecule has 13 heavy (non-hydrogen) atoms. The molecular weight excluding hydrogens is 164 g/mol. The third kappa shape index (κ3) is 2.31. The first-order chi connectivity index (χ1) is 6.11. The molecule has 0 unspecified atom stereocenters. The highest BCUT2D eigenvalue weighted by atomic mass is 16.3. The maximum atomic E-state index is 10.1. The summed E-state index contributed by atoms with van der Waals surface area (Å²) >= 11 is 0. The highest BCUT2D eigenvalue weighted by Gasteiger charge is 2.24. The Labute approximate surface area is 79.4 Å². The predicted octanol–water partition coefficient (Wildman–Crippen LogP) is 1.51. The Balaban J connectivity index is 2.73. The van der Waals surface area contributed by atoms with Crippen LogP contribution in [-0.4, -0.2) is 20.3 Å². The van der Waals surface area contributed by atoms with Crippen LogP contribution in [0.1, 0.15) is 32.5 Å². The first kappa shape index (κ1) is 10.3. The Kier molecular flexibility index (Phi) is 3.09. The van der Waals surface area contributed by atoms with Crippen LogP contribution in [0.5, 0.6) is 0 Å². The second-order valence-electron chi connectivity index (χ2n) is 3.56. The Hall–Kier alpha value is -0.830. The number of aromatic nitrogens is 2. The van der Waals surface area contributed by atoms with Gasteiger partial charge in [-0.3, -0.25) is 0 Å². The van der Waals surface area contributed by atoms with Gasteiger partial charge in [0.2, 0.25) is 0 Å². The highest BCUT2D eigenvalue weighted by molar-refractivity contribution is 4.97. The largest absolute Gasteiger partial charge is 0.389 e. The molecular formula is C10H18N2O. The normalized spacial score (nSPS) is 12.0. The van der Waals surface area contributed by atoms with Gasteiger partial charge in [-0.1, -0.05) is 13.8 Å². The van der Waals surface area contributed by atoms with Crippen molar-refractivity contribution in [2.75, 3.05) is 0 Å². The fourth-order valence-corrected chi connectivity index (χ4v) is 1.36. The summed E-state index contributed by atoms with van der Waals surface area (Å²) < 4.78 is 1.95. The van der Waals surface area contributed by atoms with Crippen LogP contribution in [0.4, 0.5) is 0 Å². The number of nitrogens with zero attached hydrogens (tertiary/aromatic N) is 2. The lowest BCUT2D eigenvalue weighted by Gasteiger charge is -2.24. The third-order valence-corrected chi connectivity index (χ3v) is 2.72. The summed E-state index contributed by atoms with van der Waals surface area (Å²) in [7, 11) is 1.95. The molecule has 0 aliphatic carbocycles. The molecule has 3 nitrogen and oxygen atoms in total. The van der Waals surface area contributed by atoms with Crippen molar-refractivity contribution in [3.05, 3.63) is 18.2 Å². The lowest BCUT2D eigenvalue weighted by molar-refractivity contribution is 0.0301. The van der Waals surface area contributed by atoms with E-state index in [1.165, 1.54) is 0 Å². The van der Waals surface area contributed by atoms with Crippen LogP contribution in [0.25, 0.3) is 0 Å². The summed E-state index contributed by atoms with van der Waals surface area (Å²) in [4.78, 5) is 4.20. The smallest absolute Gasteiger partial charge is 0.111 e. The van der Waals surface area contributed by atoms with Gasteiger partial charge in [0.1, 0.15) is 5.82 Å². The third-order valence-electron chi connectivity index (χ3n) is 2.72. The molecule has 74 valence electrons. The second kappa shape index (κ2) is 3.92. The van der Waals surface area contributed by atoms with Gasteiger partial charge in [0.05, 0.1) is 5.60 Å². The van der Waals surface area contributed by atoms with E-state index in [4.69, 9.17) is 0 Å². The van der Waals surface area contributed by atoms with Crippen LogP contribution in [0, 0.1) is 0 Å². The summed E-state index contributed by atoms with van der Waals surface area (Å²) in [5, 5.41) is 10.1. The van der Waals surface area contributed by atoms with Gasteiger partial charge in [-0.05, 0) is 12.8 Å². The number of aliphatic hydroxyl groups is 1. The summed E-state index contributed by atoms with van der Waals surface area (Å²) in [5.74, 6) is 0.950. The molecule has 0 radical (unpaired) electrons. The number of aryl methyl sites for hydroxylation is 1. The lowest BCUT2D eigenvalue weighted by atomic mass is 9.93. The molecule has 3 heteroatoms. The van der Waals surface area contributed by atoms with Crippen molar-refractivity contribution in [3.63, 3.8) is 0 Å². The van der Waals surface area contributed by atoms with E-state index >= 15 is 0 Å². The minimum absolute atomic E-state index is 0.584. The first-order valence-electron chi connectivity index (χ1n) is 4.80. The van der Waals surface area contributed by atoms with Gasteiger partial charge in [-0.25, -0.2) is 4.98 Å². The summed E-state index contributed by atoms with van der Waals surface area (Å²) in [6.07, 6.45) is 5.86. The van der Waals surface area contributed by atoms with Crippen molar-refractivity contribution < 1.29 is 5.11 Å². The van der Waals surface area contributed by atoms with E-state index in [-0.39, 0.29) is 0 Å². The van der Waals surface area contributed by atoms with Gasteiger partial charge in [0.15, 0.2) is 0 Å². The van der Waals surface area contributed by atoms with Crippen LogP contribution in [-0.2, 0) is 13.5 Å². The van der Waals surface area contributed by atoms with Crippen LogP contribution < -0.4 is 0 Å². The zero-order valence-corrected chi connectivity index (χ0v) is 8.62. The van der Waals surface area contributed by atoms with Crippen molar-refractivity contribution in [1.82, 2.24) is 9.55 Å². The van der Waals surface area contributed by atoms with E-state index < -0.39 is 5.60 Å². The Morgan fingerprint density at radius 1 is 1.46 bits per heavy atom. The van der Waals surface area contributed by atoms with E-state index in [0.717, 1.165) is 18.7 Å². The standard InChI is InChI=1S/C10H18N2O/c1-4-10(13,5-2)8-9-11-6-7-12(9)3/h6-7,13H,4-5,8H2,1-3H3. The molecule has 0 amide bonds. The Morgan fingerprint density at radius 3 is 2.46 bits per heavy atom. The molecule has 0 saturated heterocycles. The number of rotatable bonds is 4. The molecule has 1 heterocycles. The van der Waals surface area contributed by atoms with Crippen LogP contribution in [0.3, 0.4) is 0 Å². The zero-order chi connectivity index (χ0) is 9.90. The number of imidazole rings is 1. The maximum Gasteiger partial charge on any atom is 0.111 e. The lowest BCUT2D eigenvalue weighted by Crippen LogP contribution is -2.30. The van der Waals surface area contributed by atoms with E-state index in [1.807, 2.05) is 31.7 Å². The summed E-state index contributed by atoms with van der Waals surface area (Å²) in [6.45, 7) is 4.01. The van der Waals surface area contributed by atoms with Gasteiger partial charge in [0.25, 0.3) is 0 Å². The molecule has 1 aromatic heterocycles. The van der Waals surface area contributed by atoms with Crippen molar-refractivity contribution in [3.8, 4) is 0 Å².